The van der Waals surface area contributed by atoms with Crippen molar-refractivity contribution < 1.29 is 14.0 Å². The Morgan fingerprint density at radius 3 is 2.42 bits per heavy atom. The average Bonchev–Trinajstić information content (AvgIpc) is 3.11. The van der Waals surface area contributed by atoms with Crippen LogP contribution in [0.4, 0.5) is 5.69 Å². The third-order valence-corrected chi connectivity index (χ3v) is 5.77. The van der Waals surface area contributed by atoms with Crippen molar-refractivity contribution in [3.63, 3.8) is 0 Å². The SMILES string of the molecule is CC(=O)c1oc2ccc(/C(C)=C\C(=O)N3CCN(Cc4ccccc4)CC3)cc2c1N. The number of nitrogens with two attached hydrogens (primary N) is 1. The molecule has 0 spiro atoms. The van der Waals surface area contributed by atoms with Crippen molar-refractivity contribution in [2.24, 2.45) is 0 Å². The highest BCUT2D eigenvalue weighted by Gasteiger charge is 2.20. The Kier molecular flexibility index (Phi) is 5.91. The zero-order chi connectivity index (χ0) is 22.0. The van der Waals surface area contributed by atoms with Crippen LogP contribution in [0.1, 0.15) is 35.5 Å². The topological polar surface area (TPSA) is 79.8 Å². The van der Waals surface area contributed by atoms with Gasteiger partial charge in [-0.15, -0.1) is 0 Å². The fraction of sp³-hybridized carbons (Fsp3) is 0.280. The minimum Gasteiger partial charge on any atom is -0.451 e. The van der Waals surface area contributed by atoms with Crippen LogP contribution in [0.15, 0.2) is 59.0 Å². The van der Waals surface area contributed by atoms with Gasteiger partial charge in [-0.2, -0.15) is 0 Å². The standard InChI is InChI=1S/C25H27N3O3/c1-17(20-8-9-22-21(15-20)24(26)25(31-22)18(2)29)14-23(30)28-12-10-27(11-13-28)16-19-6-4-3-5-7-19/h3-9,14-15H,10-13,16,26H2,1-2H3/b17-14-. The van der Waals surface area contributed by atoms with E-state index in [4.69, 9.17) is 10.2 Å². The molecule has 0 bridgehead atoms. The second-order valence-corrected chi connectivity index (χ2v) is 8.03. The lowest BCUT2D eigenvalue weighted by atomic mass is 10.0. The lowest BCUT2D eigenvalue weighted by Crippen LogP contribution is -2.47. The van der Waals surface area contributed by atoms with Crippen LogP contribution in [-0.2, 0) is 11.3 Å². The van der Waals surface area contributed by atoms with Crippen LogP contribution >= 0.6 is 0 Å². The first-order chi connectivity index (χ1) is 14.9. The molecule has 2 heterocycles. The Morgan fingerprint density at radius 2 is 1.74 bits per heavy atom. The number of ketones is 1. The van der Waals surface area contributed by atoms with E-state index in [1.54, 1.807) is 12.1 Å². The highest BCUT2D eigenvalue weighted by atomic mass is 16.3. The van der Waals surface area contributed by atoms with Crippen molar-refractivity contribution in [3.8, 4) is 0 Å². The Hall–Kier alpha value is -3.38. The van der Waals surface area contributed by atoms with Gasteiger partial charge >= 0.3 is 0 Å². The Bertz CT molecular complexity index is 1140. The predicted octanol–water partition coefficient (Wildman–Crippen LogP) is 3.97. The molecule has 1 amide bonds. The van der Waals surface area contributed by atoms with Crippen LogP contribution in [0.2, 0.25) is 0 Å². The van der Waals surface area contributed by atoms with Crippen LogP contribution < -0.4 is 5.73 Å². The molecule has 160 valence electrons. The van der Waals surface area contributed by atoms with Gasteiger partial charge in [0, 0.05) is 51.1 Å². The third-order valence-electron chi connectivity index (χ3n) is 5.77. The highest BCUT2D eigenvalue weighted by molar-refractivity contribution is 6.06. The van der Waals surface area contributed by atoms with Crippen molar-refractivity contribution in [2.45, 2.75) is 20.4 Å². The number of hydrogen-bond donors (Lipinski definition) is 1. The maximum Gasteiger partial charge on any atom is 0.246 e. The van der Waals surface area contributed by atoms with Gasteiger partial charge in [-0.1, -0.05) is 36.4 Å². The van der Waals surface area contributed by atoms with Crippen LogP contribution in [0.25, 0.3) is 16.5 Å². The monoisotopic (exact) mass is 417 g/mol. The van der Waals surface area contributed by atoms with E-state index in [1.165, 1.54) is 12.5 Å². The van der Waals surface area contributed by atoms with Crippen LogP contribution in [-0.4, -0.2) is 47.7 Å². The minimum atomic E-state index is -0.205. The summed E-state index contributed by atoms with van der Waals surface area (Å²) in [6.07, 6.45) is 1.68. The third kappa shape index (κ3) is 4.54. The number of nitrogen functional groups attached to an aromatic ring is 1. The van der Waals surface area contributed by atoms with E-state index in [0.29, 0.717) is 29.7 Å². The Morgan fingerprint density at radius 1 is 1.03 bits per heavy atom. The summed E-state index contributed by atoms with van der Waals surface area (Å²) in [6.45, 7) is 7.39. The summed E-state index contributed by atoms with van der Waals surface area (Å²) >= 11 is 0. The zero-order valence-corrected chi connectivity index (χ0v) is 17.9. The van der Waals surface area contributed by atoms with Gasteiger partial charge in [0.2, 0.25) is 5.91 Å². The fourth-order valence-corrected chi connectivity index (χ4v) is 3.95. The molecule has 1 aliphatic heterocycles. The van der Waals surface area contributed by atoms with Crippen molar-refractivity contribution in [3.05, 3.63) is 71.5 Å². The quantitative estimate of drug-likeness (QED) is 0.502. The van der Waals surface area contributed by atoms with E-state index in [-0.39, 0.29) is 17.5 Å². The number of carbonyl (C=O) groups is 2. The molecule has 2 aromatic carbocycles. The molecule has 1 aromatic heterocycles. The number of furan rings is 1. The van der Waals surface area contributed by atoms with Crippen LogP contribution in [0.5, 0.6) is 0 Å². The molecule has 1 saturated heterocycles. The molecule has 6 heteroatoms. The number of anilines is 1. The van der Waals surface area contributed by atoms with E-state index < -0.39 is 0 Å². The molecule has 4 rings (SSSR count). The van der Waals surface area contributed by atoms with Crippen molar-refractivity contribution in [2.75, 3.05) is 31.9 Å². The van der Waals surface area contributed by atoms with Gasteiger partial charge in [0.05, 0.1) is 5.69 Å². The number of carbonyl (C=O) groups excluding carboxylic acids is 2. The first kappa shape index (κ1) is 20.9. The molecule has 6 nitrogen and oxygen atoms in total. The zero-order valence-electron chi connectivity index (χ0n) is 17.9. The molecule has 0 unspecified atom stereocenters. The number of fused-ring (bicyclic) bond motifs is 1. The maximum absolute atomic E-state index is 12.8. The van der Waals surface area contributed by atoms with E-state index in [0.717, 1.165) is 30.8 Å². The van der Waals surface area contributed by atoms with Gasteiger partial charge in [0.1, 0.15) is 5.58 Å². The number of amides is 1. The molecule has 1 aliphatic rings. The van der Waals surface area contributed by atoms with Crippen molar-refractivity contribution in [1.29, 1.82) is 0 Å². The minimum absolute atomic E-state index is 0.0153. The number of nitrogens with zero attached hydrogens (tertiary/aromatic N) is 2. The van der Waals surface area contributed by atoms with Gasteiger partial charge in [-0.05, 0) is 35.8 Å². The Balaban J connectivity index is 1.42. The van der Waals surface area contributed by atoms with E-state index >= 15 is 0 Å². The summed E-state index contributed by atoms with van der Waals surface area (Å²) in [7, 11) is 0. The smallest absolute Gasteiger partial charge is 0.246 e. The normalized spacial score (nSPS) is 15.4. The number of rotatable bonds is 5. The fourth-order valence-electron chi connectivity index (χ4n) is 3.95. The van der Waals surface area contributed by atoms with Gasteiger partial charge in [0.25, 0.3) is 0 Å². The largest absolute Gasteiger partial charge is 0.451 e. The van der Waals surface area contributed by atoms with Gasteiger partial charge < -0.3 is 15.1 Å². The number of piperazine rings is 1. The molecule has 31 heavy (non-hydrogen) atoms. The van der Waals surface area contributed by atoms with E-state index in [9.17, 15) is 9.59 Å². The first-order valence-electron chi connectivity index (χ1n) is 10.5. The summed E-state index contributed by atoms with van der Waals surface area (Å²) in [5.74, 6) is -0.0103. The molecule has 0 atom stereocenters. The lowest BCUT2D eigenvalue weighted by molar-refractivity contribution is -0.127. The summed E-state index contributed by atoms with van der Waals surface area (Å²) in [4.78, 5) is 28.7. The molecular weight excluding hydrogens is 390 g/mol. The number of benzene rings is 2. The Labute approximate surface area is 181 Å². The summed E-state index contributed by atoms with van der Waals surface area (Å²) in [6, 6.07) is 15.9. The average molecular weight is 418 g/mol. The number of hydrogen-bond acceptors (Lipinski definition) is 5. The molecule has 3 aromatic rings. The molecule has 0 aliphatic carbocycles. The number of Topliss-reactive ketones (excluding diaryl/α,β-unsaturated/α-hetero) is 1. The van der Waals surface area contributed by atoms with Gasteiger partial charge in [-0.3, -0.25) is 14.5 Å². The number of allylic oxidation sites excluding steroid dienone is 1. The summed E-state index contributed by atoms with van der Waals surface area (Å²) < 4.78 is 5.55. The molecular formula is C25H27N3O3. The summed E-state index contributed by atoms with van der Waals surface area (Å²) in [5.41, 5.74) is 10.0. The second kappa shape index (κ2) is 8.78. The van der Waals surface area contributed by atoms with Crippen molar-refractivity contribution in [1.82, 2.24) is 9.80 Å². The van der Waals surface area contributed by atoms with Crippen molar-refractivity contribution >= 4 is 33.9 Å². The predicted molar refractivity (Wildman–Crippen MR) is 123 cm³/mol. The van der Waals surface area contributed by atoms with Crippen LogP contribution in [0.3, 0.4) is 0 Å². The van der Waals surface area contributed by atoms with Crippen LogP contribution in [0, 0.1) is 0 Å². The second-order valence-electron chi connectivity index (χ2n) is 8.03. The van der Waals surface area contributed by atoms with Gasteiger partial charge in [0.15, 0.2) is 11.5 Å². The molecule has 2 N–H and O–H groups in total. The van der Waals surface area contributed by atoms with E-state index in [2.05, 4.69) is 29.2 Å². The molecule has 0 radical (unpaired) electrons. The first-order valence-corrected chi connectivity index (χ1v) is 10.5. The maximum atomic E-state index is 12.8. The highest BCUT2D eigenvalue weighted by Crippen LogP contribution is 2.31. The lowest BCUT2D eigenvalue weighted by Gasteiger charge is -2.34. The molecule has 0 saturated carbocycles. The molecule has 1 fully saturated rings. The van der Waals surface area contributed by atoms with E-state index in [1.807, 2.05) is 30.0 Å². The van der Waals surface area contributed by atoms with Gasteiger partial charge in [-0.25, -0.2) is 0 Å². The summed E-state index contributed by atoms with van der Waals surface area (Å²) in [5, 5.41) is 0.692.